The zero-order chi connectivity index (χ0) is 11.4. The van der Waals surface area contributed by atoms with E-state index in [4.69, 9.17) is 16.0 Å². The molecule has 88 valence electrons. The number of alkyl halides is 1. The molecule has 1 amide bonds. The second-order valence-corrected chi connectivity index (χ2v) is 4.93. The van der Waals surface area contributed by atoms with Crippen molar-refractivity contribution in [2.45, 2.75) is 31.1 Å². The maximum absolute atomic E-state index is 11.6. The molecule has 0 aliphatic heterocycles. The molecule has 1 aliphatic carbocycles. The van der Waals surface area contributed by atoms with Crippen LogP contribution in [0.3, 0.4) is 0 Å². The molecule has 16 heavy (non-hydrogen) atoms. The molecule has 1 heterocycles. The average Bonchev–Trinajstić information content (AvgIpc) is 2.79. The first-order chi connectivity index (χ1) is 7.75. The third kappa shape index (κ3) is 3.01. The van der Waals surface area contributed by atoms with Crippen LogP contribution in [0.1, 0.15) is 36.2 Å². The second kappa shape index (κ2) is 5.39. The summed E-state index contributed by atoms with van der Waals surface area (Å²) < 4.78 is 5.02. The summed E-state index contributed by atoms with van der Waals surface area (Å²) in [6, 6.07) is 3.38. The lowest BCUT2D eigenvalue weighted by atomic mass is 9.89. The van der Waals surface area contributed by atoms with E-state index < -0.39 is 0 Å². The smallest absolute Gasteiger partial charge is 0.286 e. The van der Waals surface area contributed by atoms with Crippen LogP contribution in [0.25, 0.3) is 0 Å². The van der Waals surface area contributed by atoms with Crippen LogP contribution in [-0.2, 0) is 0 Å². The van der Waals surface area contributed by atoms with E-state index in [2.05, 4.69) is 5.32 Å². The molecule has 1 saturated carbocycles. The van der Waals surface area contributed by atoms with Gasteiger partial charge in [0, 0.05) is 11.9 Å². The fraction of sp³-hybridized carbons (Fsp3) is 0.583. The Morgan fingerprint density at radius 1 is 1.56 bits per heavy atom. The van der Waals surface area contributed by atoms with Crippen molar-refractivity contribution in [1.29, 1.82) is 0 Å². The van der Waals surface area contributed by atoms with Crippen LogP contribution in [0.2, 0.25) is 0 Å². The summed E-state index contributed by atoms with van der Waals surface area (Å²) in [5.41, 5.74) is 0. The van der Waals surface area contributed by atoms with E-state index in [0.717, 1.165) is 25.7 Å². The minimum Gasteiger partial charge on any atom is -0.459 e. The summed E-state index contributed by atoms with van der Waals surface area (Å²) in [4.78, 5) is 11.6. The van der Waals surface area contributed by atoms with Crippen molar-refractivity contribution in [2.75, 3.05) is 6.54 Å². The lowest BCUT2D eigenvalue weighted by Gasteiger charge is -2.25. The van der Waals surface area contributed by atoms with Crippen LogP contribution in [0.4, 0.5) is 0 Å². The largest absolute Gasteiger partial charge is 0.459 e. The first kappa shape index (κ1) is 11.5. The maximum atomic E-state index is 11.6. The third-order valence-electron chi connectivity index (χ3n) is 3.02. The zero-order valence-corrected chi connectivity index (χ0v) is 9.87. The Labute approximate surface area is 100 Å². The minimum absolute atomic E-state index is 0.137. The van der Waals surface area contributed by atoms with Crippen molar-refractivity contribution in [1.82, 2.24) is 5.32 Å². The number of hydrogen-bond donors (Lipinski definition) is 1. The summed E-state index contributed by atoms with van der Waals surface area (Å²) >= 11 is 6.10. The van der Waals surface area contributed by atoms with Crippen molar-refractivity contribution in [3.63, 3.8) is 0 Å². The van der Waals surface area contributed by atoms with Crippen molar-refractivity contribution in [3.05, 3.63) is 24.2 Å². The highest BCUT2D eigenvalue weighted by atomic mass is 35.5. The van der Waals surface area contributed by atoms with Gasteiger partial charge >= 0.3 is 0 Å². The predicted octanol–water partition coefficient (Wildman–Crippen LogP) is 2.81. The average molecular weight is 242 g/mol. The molecule has 1 aromatic heterocycles. The van der Waals surface area contributed by atoms with Gasteiger partial charge in [-0.25, -0.2) is 0 Å². The van der Waals surface area contributed by atoms with E-state index in [1.54, 1.807) is 12.1 Å². The van der Waals surface area contributed by atoms with Crippen molar-refractivity contribution < 1.29 is 9.21 Å². The lowest BCUT2D eigenvalue weighted by molar-refractivity contribution is 0.0916. The summed E-state index contributed by atoms with van der Waals surface area (Å²) in [5, 5.41) is 3.16. The van der Waals surface area contributed by atoms with Gasteiger partial charge in [-0.1, -0.05) is 6.42 Å². The van der Waals surface area contributed by atoms with Crippen LogP contribution in [-0.4, -0.2) is 17.8 Å². The fourth-order valence-electron chi connectivity index (χ4n) is 2.14. The van der Waals surface area contributed by atoms with Gasteiger partial charge in [-0.05, 0) is 37.3 Å². The summed E-state index contributed by atoms with van der Waals surface area (Å²) in [6.07, 6.45) is 5.92. The first-order valence-corrected chi connectivity index (χ1v) is 6.15. The quantitative estimate of drug-likeness (QED) is 0.827. The minimum atomic E-state index is -0.137. The van der Waals surface area contributed by atoms with Gasteiger partial charge in [-0.3, -0.25) is 4.79 Å². The molecule has 1 fully saturated rings. The van der Waals surface area contributed by atoms with Crippen molar-refractivity contribution in [3.8, 4) is 0 Å². The van der Waals surface area contributed by atoms with Crippen LogP contribution in [0, 0.1) is 5.92 Å². The van der Waals surface area contributed by atoms with E-state index in [-0.39, 0.29) is 11.3 Å². The van der Waals surface area contributed by atoms with Crippen molar-refractivity contribution in [2.24, 2.45) is 5.92 Å². The standard InChI is InChI=1S/C12H16ClNO2/c13-10-4-1-3-9(7-10)8-14-12(15)11-5-2-6-16-11/h2,5-6,9-10H,1,3-4,7-8H2,(H,14,15). The van der Waals surface area contributed by atoms with E-state index >= 15 is 0 Å². The molecule has 1 aliphatic rings. The molecule has 3 nitrogen and oxygen atoms in total. The first-order valence-electron chi connectivity index (χ1n) is 5.71. The number of carbonyl (C=O) groups excluding carboxylic acids is 1. The second-order valence-electron chi connectivity index (χ2n) is 4.32. The Morgan fingerprint density at radius 2 is 2.44 bits per heavy atom. The van der Waals surface area contributed by atoms with Gasteiger partial charge in [0.15, 0.2) is 5.76 Å². The topological polar surface area (TPSA) is 42.2 Å². The highest BCUT2D eigenvalue weighted by Gasteiger charge is 2.21. The molecule has 0 saturated heterocycles. The molecule has 2 atom stereocenters. The highest BCUT2D eigenvalue weighted by Crippen LogP contribution is 2.27. The van der Waals surface area contributed by atoms with Crippen LogP contribution < -0.4 is 5.32 Å². The molecule has 0 radical (unpaired) electrons. The Bertz CT molecular complexity index is 337. The number of furan rings is 1. The van der Waals surface area contributed by atoms with E-state index in [1.165, 1.54) is 6.26 Å². The lowest BCUT2D eigenvalue weighted by Crippen LogP contribution is -2.31. The van der Waals surface area contributed by atoms with Gasteiger partial charge in [0.1, 0.15) is 0 Å². The van der Waals surface area contributed by atoms with Crippen LogP contribution in [0.15, 0.2) is 22.8 Å². The van der Waals surface area contributed by atoms with Crippen LogP contribution in [0.5, 0.6) is 0 Å². The van der Waals surface area contributed by atoms with Crippen LogP contribution >= 0.6 is 11.6 Å². The Kier molecular flexibility index (Phi) is 3.88. The number of carbonyl (C=O) groups is 1. The molecular weight excluding hydrogens is 226 g/mol. The van der Waals surface area contributed by atoms with Gasteiger partial charge in [0.25, 0.3) is 5.91 Å². The molecule has 0 aromatic carbocycles. The molecule has 2 unspecified atom stereocenters. The normalized spacial score (nSPS) is 25.3. The summed E-state index contributed by atoms with van der Waals surface area (Å²) in [5.74, 6) is 0.745. The van der Waals surface area contributed by atoms with Gasteiger partial charge < -0.3 is 9.73 Å². The number of rotatable bonds is 3. The molecule has 4 heteroatoms. The molecule has 0 spiro atoms. The van der Waals surface area contributed by atoms with E-state index in [1.807, 2.05) is 0 Å². The molecular formula is C12H16ClNO2. The molecule has 0 bridgehead atoms. The number of nitrogens with one attached hydrogen (secondary N) is 1. The molecule has 1 aromatic rings. The summed E-state index contributed by atoms with van der Waals surface area (Å²) in [7, 11) is 0. The van der Waals surface area contributed by atoms with Gasteiger partial charge in [-0.15, -0.1) is 11.6 Å². The zero-order valence-electron chi connectivity index (χ0n) is 9.12. The van der Waals surface area contributed by atoms with Gasteiger partial charge in [-0.2, -0.15) is 0 Å². The van der Waals surface area contributed by atoms with E-state index in [9.17, 15) is 4.79 Å². The maximum Gasteiger partial charge on any atom is 0.286 e. The highest BCUT2D eigenvalue weighted by molar-refractivity contribution is 6.20. The number of amides is 1. The number of hydrogen-bond acceptors (Lipinski definition) is 2. The predicted molar refractivity (Wildman–Crippen MR) is 62.6 cm³/mol. The van der Waals surface area contributed by atoms with Gasteiger partial charge in [0.2, 0.25) is 0 Å². The Morgan fingerprint density at radius 3 is 3.12 bits per heavy atom. The monoisotopic (exact) mass is 241 g/mol. The summed E-state index contributed by atoms with van der Waals surface area (Å²) in [6.45, 7) is 0.697. The third-order valence-corrected chi connectivity index (χ3v) is 3.41. The Balaban J connectivity index is 1.77. The Hall–Kier alpha value is -0.960. The number of halogens is 1. The SMILES string of the molecule is O=C(NCC1CCCC(Cl)C1)c1ccco1. The van der Waals surface area contributed by atoms with E-state index in [0.29, 0.717) is 18.2 Å². The molecule has 2 rings (SSSR count). The fourth-order valence-corrected chi connectivity index (χ4v) is 2.55. The molecule has 1 N–H and O–H groups in total. The van der Waals surface area contributed by atoms with Crippen molar-refractivity contribution >= 4 is 17.5 Å². The van der Waals surface area contributed by atoms with Gasteiger partial charge in [0.05, 0.1) is 6.26 Å².